The Hall–Kier alpha value is -1.26. The zero-order valence-electron chi connectivity index (χ0n) is 12.4. The van der Waals surface area contributed by atoms with E-state index in [0.717, 1.165) is 38.5 Å². The maximum Gasteiger partial charge on any atom is 0.407 e. The van der Waals surface area contributed by atoms with Gasteiger partial charge in [0.2, 0.25) is 0 Å². The van der Waals surface area contributed by atoms with Gasteiger partial charge in [-0.25, -0.2) is 9.59 Å². The van der Waals surface area contributed by atoms with Crippen molar-refractivity contribution in [3.8, 4) is 0 Å². The Kier molecular flexibility index (Phi) is 11.0. The highest BCUT2D eigenvalue weighted by atomic mass is 16.5. The average Bonchev–Trinajstić information content (AvgIpc) is 2.42. The Morgan fingerprint density at radius 1 is 1.05 bits per heavy atom. The minimum Gasteiger partial charge on any atom is -0.464 e. The molecule has 0 aliphatic rings. The van der Waals surface area contributed by atoms with Crippen LogP contribution in [0, 0.1) is 0 Å². The maximum atomic E-state index is 11.8. The van der Waals surface area contributed by atoms with E-state index >= 15 is 0 Å². The van der Waals surface area contributed by atoms with Crippen LogP contribution < -0.4 is 5.32 Å². The fourth-order valence-electron chi connectivity index (χ4n) is 1.66. The topological polar surface area (TPSA) is 64.6 Å². The van der Waals surface area contributed by atoms with E-state index in [4.69, 9.17) is 4.74 Å². The van der Waals surface area contributed by atoms with Crippen molar-refractivity contribution in [3.63, 3.8) is 0 Å². The van der Waals surface area contributed by atoms with Crippen LogP contribution in [-0.4, -0.2) is 31.8 Å². The zero-order valence-corrected chi connectivity index (χ0v) is 12.4. The molecule has 0 rings (SSSR count). The van der Waals surface area contributed by atoms with Crippen molar-refractivity contribution in [3.05, 3.63) is 0 Å². The van der Waals surface area contributed by atoms with E-state index in [1.54, 1.807) is 0 Å². The molecule has 0 saturated heterocycles. The van der Waals surface area contributed by atoms with Crippen molar-refractivity contribution in [2.24, 2.45) is 0 Å². The van der Waals surface area contributed by atoms with Gasteiger partial charge in [0.25, 0.3) is 0 Å². The fraction of sp³-hybridized carbons (Fsp3) is 0.857. The molecule has 0 bridgehead atoms. The van der Waals surface area contributed by atoms with E-state index < -0.39 is 12.1 Å². The molecule has 1 amide bonds. The van der Waals surface area contributed by atoms with Crippen molar-refractivity contribution in [1.29, 1.82) is 0 Å². The van der Waals surface area contributed by atoms with Crippen LogP contribution in [0.4, 0.5) is 4.79 Å². The number of methoxy groups -OCH3 is 1. The van der Waals surface area contributed by atoms with Gasteiger partial charge in [-0.15, -0.1) is 0 Å². The van der Waals surface area contributed by atoms with Gasteiger partial charge in [-0.05, 0) is 12.8 Å². The van der Waals surface area contributed by atoms with Gasteiger partial charge < -0.3 is 14.8 Å². The molecule has 0 fully saturated rings. The summed E-state index contributed by atoms with van der Waals surface area (Å²) in [4.78, 5) is 23.0. The van der Waals surface area contributed by atoms with Gasteiger partial charge in [-0.3, -0.25) is 0 Å². The molecule has 112 valence electrons. The average molecular weight is 273 g/mol. The quantitative estimate of drug-likeness (QED) is 0.491. The molecule has 0 aromatic carbocycles. The molecule has 1 unspecified atom stereocenters. The van der Waals surface area contributed by atoms with E-state index in [2.05, 4.69) is 17.0 Å². The smallest absolute Gasteiger partial charge is 0.407 e. The first-order chi connectivity index (χ1) is 9.15. The summed E-state index contributed by atoms with van der Waals surface area (Å²) in [6, 6.07) is -0.599. The third-order valence-electron chi connectivity index (χ3n) is 2.85. The molecule has 0 heterocycles. The van der Waals surface area contributed by atoms with Crippen molar-refractivity contribution in [2.75, 3.05) is 13.7 Å². The number of alkyl carbamates (subject to hydrolysis) is 1. The van der Waals surface area contributed by atoms with Crippen LogP contribution in [0.3, 0.4) is 0 Å². The first-order valence-corrected chi connectivity index (χ1v) is 7.16. The first-order valence-electron chi connectivity index (χ1n) is 7.16. The van der Waals surface area contributed by atoms with Gasteiger partial charge in [0.15, 0.2) is 0 Å². The van der Waals surface area contributed by atoms with Crippen LogP contribution in [0.1, 0.15) is 58.8 Å². The molecule has 0 aromatic heterocycles. The predicted octanol–water partition coefficient (Wildman–Crippen LogP) is 3.02. The molecule has 0 radical (unpaired) electrons. The van der Waals surface area contributed by atoms with E-state index in [1.165, 1.54) is 7.11 Å². The Morgan fingerprint density at radius 3 is 2.32 bits per heavy atom. The molecule has 0 aromatic rings. The molecule has 5 heteroatoms. The molecule has 0 aliphatic carbocycles. The molecular weight excluding hydrogens is 246 g/mol. The summed E-state index contributed by atoms with van der Waals surface area (Å²) in [7, 11) is 1.28. The molecule has 1 atom stereocenters. The van der Waals surface area contributed by atoms with E-state index in [9.17, 15) is 9.59 Å². The van der Waals surface area contributed by atoms with Crippen molar-refractivity contribution < 1.29 is 19.1 Å². The SMILES string of the molecule is CCCCCCOC(=O)C(CCCC)NC(=O)OC. The highest BCUT2D eigenvalue weighted by Crippen LogP contribution is 2.05. The van der Waals surface area contributed by atoms with Crippen LogP contribution >= 0.6 is 0 Å². The first kappa shape index (κ1) is 17.7. The summed E-state index contributed by atoms with van der Waals surface area (Å²) >= 11 is 0. The predicted molar refractivity (Wildman–Crippen MR) is 74.0 cm³/mol. The van der Waals surface area contributed by atoms with E-state index in [-0.39, 0.29) is 5.97 Å². The second kappa shape index (κ2) is 11.8. The van der Waals surface area contributed by atoms with E-state index in [0.29, 0.717) is 13.0 Å². The van der Waals surface area contributed by atoms with Crippen LogP contribution in [0.15, 0.2) is 0 Å². The number of carbonyl (C=O) groups excluding carboxylic acids is 2. The lowest BCUT2D eigenvalue weighted by Crippen LogP contribution is -2.41. The van der Waals surface area contributed by atoms with Gasteiger partial charge in [0.1, 0.15) is 6.04 Å². The highest BCUT2D eigenvalue weighted by molar-refractivity contribution is 5.81. The van der Waals surface area contributed by atoms with Gasteiger partial charge in [0.05, 0.1) is 13.7 Å². The number of amides is 1. The monoisotopic (exact) mass is 273 g/mol. The lowest BCUT2D eigenvalue weighted by molar-refractivity contribution is -0.146. The fourth-order valence-corrected chi connectivity index (χ4v) is 1.66. The van der Waals surface area contributed by atoms with Gasteiger partial charge in [-0.2, -0.15) is 0 Å². The number of hydrogen-bond donors (Lipinski definition) is 1. The summed E-state index contributed by atoms with van der Waals surface area (Å²) in [6.45, 7) is 4.59. The number of ether oxygens (including phenoxy) is 2. The number of hydrogen-bond acceptors (Lipinski definition) is 4. The number of nitrogens with one attached hydrogen (secondary N) is 1. The third kappa shape index (κ3) is 9.33. The summed E-state index contributed by atoms with van der Waals surface area (Å²) in [6.07, 6.45) is 6.05. The van der Waals surface area contributed by atoms with Gasteiger partial charge in [-0.1, -0.05) is 46.0 Å². The summed E-state index contributed by atoms with van der Waals surface area (Å²) in [5.41, 5.74) is 0. The summed E-state index contributed by atoms with van der Waals surface area (Å²) in [5, 5.41) is 2.52. The minimum atomic E-state index is -0.599. The largest absolute Gasteiger partial charge is 0.464 e. The molecule has 0 saturated carbocycles. The second-order valence-corrected chi connectivity index (χ2v) is 4.56. The Bertz CT molecular complexity index is 256. The zero-order chi connectivity index (χ0) is 14.5. The van der Waals surface area contributed by atoms with Crippen molar-refractivity contribution in [2.45, 2.75) is 64.8 Å². The maximum absolute atomic E-state index is 11.8. The molecular formula is C14H27NO4. The van der Waals surface area contributed by atoms with Crippen LogP contribution in [0.5, 0.6) is 0 Å². The molecule has 5 nitrogen and oxygen atoms in total. The van der Waals surface area contributed by atoms with Crippen LogP contribution in [0.25, 0.3) is 0 Å². The van der Waals surface area contributed by atoms with E-state index in [1.807, 2.05) is 6.92 Å². The number of unbranched alkanes of at least 4 members (excludes halogenated alkanes) is 4. The normalized spacial score (nSPS) is 11.7. The molecule has 0 spiro atoms. The molecule has 0 aliphatic heterocycles. The lowest BCUT2D eigenvalue weighted by Gasteiger charge is -2.16. The number of rotatable bonds is 10. The highest BCUT2D eigenvalue weighted by Gasteiger charge is 2.21. The Morgan fingerprint density at radius 2 is 1.74 bits per heavy atom. The third-order valence-corrected chi connectivity index (χ3v) is 2.85. The van der Waals surface area contributed by atoms with Gasteiger partial charge in [0, 0.05) is 0 Å². The van der Waals surface area contributed by atoms with Crippen LogP contribution in [-0.2, 0) is 14.3 Å². The van der Waals surface area contributed by atoms with Crippen LogP contribution in [0.2, 0.25) is 0 Å². The Balaban J connectivity index is 4.03. The number of esters is 1. The lowest BCUT2D eigenvalue weighted by atomic mass is 10.1. The molecule has 19 heavy (non-hydrogen) atoms. The number of carbonyl (C=O) groups is 2. The minimum absolute atomic E-state index is 0.365. The summed E-state index contributed by atoms with van der Waals surface area (Å²) in [5.74, 6) is -0.365. The second-order valence-electron chi connectivity index (χ2n) is 4.56. The molecule has 1 N–H and O–H groups in total. The van der Waals surface area contributed by atoms with Gasteiger partial charge >= 0.3 is 12.1 Å². The summed E-state index contributed by atoms with van der Waals surface area (Å²) < 4.78 is 9.69. The Labute approximate surface area is 116 Å². The van der Waals surface area contributed by atoms with Crippen molar-refractivity contribution >= 4 is 12.1 Å². The standard InChI is InChI=1S/C14H27NO4/c1-4-6-8-9-11-19-13(16)12(10-7-5-2)15-14(17)18-3/h12H,4-11H2,1-3H3,(H,15,17). The van der Waals surface area contributed by atoms with Crippen molar-refractivity contribution in [1.82, 2.24) is 5.32 Å².